The number of piperidine rings is 1. The Bertz CT molecular complexity index is 707. The van der Waals surface area contributed by atoms with Crippen LogP contribution in [0.5, 0.6) is 0 Å². The quantitative estimate of drug-likeness (QED) is 0.785. The van der Waals surface area contributed by atoms with Crippen LogP contribution in [0.15, 0.2) is 47.5 Å². The third kappa shape index (κ3) is 2.54. The second kappa shape index (κ2) is 5.60. The van der Waals surface area contributed by atoms with E-state index >= 15 is 0 Å². The van der Waals surface area contributed by atoms with E-state index < -0.39 is 0 Å². The van der Waals surface area contributed by atoms with Gasteiger partial charge in [0.15, 0.2) is 0 Å². The molecule has 0 saturated carbocycles. The van der Waals surface area contributed by atoms with Gasteiger partial charge in [-0.05, 0) is 55.5 Å². The molecule has 0 radical (unpaired) electrons. The Morgan fingerprint density at radius 3 is 2.45 bits per heavy atom. The summed E-state index contributed by atoms with van der Waals surface area (Å²) in [4.78, 5) is 7.31. The number of anilines is 1. The van der Waals surface area contributed by atoms with E-state index in [1.807, 2.05) is 0 Å². The van der Waals surface area contributed by atoms with E-state index in [-0.39, 0.29) is 0 Å². The summed E-state index contributed by atoms with van der Waals surface area (Å²) >= 11 is 0. The molecule has 0 aromatic heterocycles. The van der Waals surface area contributed by atoms with Gasteiger partial charge >= 0.3 is 0 Å². The van der Waals surface area contributed by atoms with E-state index in [1.54, 1.807) is 0 Å². The average Bonchev–Trinajstić information content (AvgIpc) is 2.99. The summed E-state index contributed by atoms with van der Waals surface area (Å²) in [5.74, 6) is 0. The maximum Gasteiger partial charge on any atom is 0.0669 e. The van der Waals surface area contributed by atoms with Gasteiger partial charge in [0.2, 0.25) is 0 Å². The molecule has 1 saturated heterocycles. The van der Waals surface area contributed by atoms with E-state index in [0.29, 0.717) is 0 Å². The van der Waals surface area contributed by atoms with Gasteiger partial charge in [-0.3, -0.25) is 4.99 Å². The number of rotatable bonds is 2. The number of nitrogens with zero attached hydrogens (tertiary/aromatic N) is 2. The molecule has 2 aromatic carbocycles. The van der Waals surface area contributed by atoms with Gasteiger partial charge in [-0.25, -0.2) is 0 Å². The van der Waals surface area contributed by atoms with Gasteiger partial charge in [-0.2, -0.15) is 0 Å². The highest BCUT2D eigenvalue weighted by Crippen LogP contribution is 2.30. The van der Waals surface area contributed by atoms with Crippen LogP contribution in [0, 0.1) is 6.92 Å². The zero-order chi connectivity index (χ0) is 14.9. The van der Waals surface area contributed by atoms with Crippen LogP contribution in [-0.4, -0.2) is 18.8 Å². The molecule has 4 rings (SSSR count). The fourth-order valence-corrected chi connectivity index (χ4v) is 3.51. The molecule has 2 nitrogen and oxygen atoms in total. The Balaban J connectivity index is 1.55. The number of benzene rings is 2. The molecule has 0 unspecified atom stereocenters. The maximum absolute atomic E-state index is 4.81. The highest BCUT2D eigenvalue weighted by molar-refractivity contribution is 6.06. The van der Waals surface area contributed by atoms with Crippen molar-refractivity contribution < 1.29 is 0 Å². The third-order valence-corrected chi connectivity index (χ3v) is 4.77. The third-order valence-electron chi connectivity index (χ3n) is 4.77. The molecule has 0 aliphatic carbocycles. The average molecular weight is 290 g/mol. The van der Waals surface area contributed by atoms with Gasteiger partial charge in [0.1, 0.15) is 0 Å². The summed E-state index contributed by atoms with van der Waals surface area (Å²) in [6.07, 6.45) is 4.98. The van der Waals surface area contributed by atoms with Gasteiger partial charge in [0.25, 0.3) is 0 Å². The van der Waals surface area contributed by atoms with Crippen LogP contribution in [0.3, 0.4) is 0 Å². The van der Waals surface area contributed by atoms with E-state index in [2.05, 4.69) is 54.3 Å². The normalized spacial score (nSPS) is 17.3. The smallest absolute Gasteiger partial charge is 0.0669 e. The van der Waals surface area contributed by atoms with Crippen LogP contribution in [0.4, 0.5) is 11.4 Å². The summed E-state index contributed by atoms with van der Waals surface area (Å²) in [5.41, 5.74) is 7.63. The number of aliphatic imine (C=N–C) groups is 1. The van der Waals surface area contributed by atoms with Gasteiger partial charge in [-0.15, -0.1) is 0 Å². The van der Waals surface area contributed by atoms with Crippen LogP contribution in [0.1, 0.15) is 36.0 Å². The molecule has 1 fully saturated rings. The van der Waals surface area contributed by atoms with Gasteiger partial charge < -0.3 is 4.90 Å². The number of hydrogen-bond acceptors (Lipinski definition) is 2. The Kier molecular flexibility index (Phi) is 3.45. The lowest BCUT2D eigenvalue weighted by atomic mass is 10.0. The summed E-state index contributed by atoms with van der Waals surface area (Å²) < 4.78 is 0. The first-order valence-corrected chi connectivity index (χ1v) is 8.32. The van der Waals surface area contributed by atoms with Crippen molar-refractivity contribution in [3.63, 3.8) is 0 Å². The van der Waals surface area contributed by atoms with Crippen LogP contribution in [0.25, 0.3) is 0 Å². The zero-order valence-electron chi connectivity index (χ0n) is 13.2. The van der Waals surface area contributed by atoms with Crippen LogP contribution < -0.4 is 4.90 Å². The first kappa shape index (κ1) is 13.6. The molecule has 0 spiro atoms. The lowest BCUT2D eigenvalue weighted by Crippen LogP contribution is -2.29. The molecular weight excluding hydrogens is 268 g/mol. The van der Waals surface area contributed by atoms with Crippen LogP contribution in [0.2, 0.25) is 0 Å². The largest absolute Gasteiger partial charge is 0.372 e. The van der Waals surface area contributed by atoms with E-state index in [9.17, 15) is 0 Å². The van der Waals surface area contributed by atoms with E-state index in [0.717, 1.165) is 12.1 Å². The minimum absolute atomic E-state index is 0.958. The fourth-order valence-electron chi connectivity index (χ4n) is 3.51. The lowest BCUT2D eigenvalue weighted by molar-refractivity contribution is 0.578. The van der Waals surface area contributed by atoms with Crippen molar-refractivity contribution in [1.29, 1.82) is 0 Å². The van der Waals surface area contributed by atoms with Crippen molar-refractivity contribution in [2.75, 3.05) is 18.0 Å². The minimum Gasteiger partial charge on any atom is -0.372 e. The minimum atomic E-state index is 0.958. The molecule has 0 amide bonds. The van der Waals surface area contributed by atoms with Crippen molar-refractivity contribution in [1.82, 2.24) is 0 Å². The summed E-state index contributed by atoms with van der Waals surface area (Å²) in [6, 6.07) is 15.5. The number of fused-ring (bicyclic) bond motifs is 1. The fraction of sp³-hybridized carbons (Fsp3) is 0.350. The topological polar surface area (TPSA) is 15.6 Å². The van der Waals surface area contributed by atoms with Crippen molar-refractivity contribution >= 4 is 17.1 Å². The molecule has 2 aliphatic heterocycles. The van der Waals surface area contributed by atoms with Gasteiger partial charge in [0.05, 0.1) is 11.4 Å². The van der Waals surface area contributed by atoms with Crippen LogP contribution in [-0.2, 0) is 6.42 Å². The van der Waals surface area contributed by atoms with Crippen molar-refractivity contribution in [2.45, 2.75) is 32.6 Å². The highest BCUT2D eigenvalue weighted by Gasteiger charge is 2.17. The zero-order valence-corrected chi connectivity index (χ0v) is 13.2. The molecule has 0 bridgehead atoms. The maximum atomic E-state index is 4.81. The SMILES string of the molecule is Cc1ccc2c(c1)CC(c1ccc(N3CCCCC3)cc1)=N2. The van der Waals surface area contributed by atoms with Crippen LogP contribution >= 0.6 is 0 Å². The van der Waals surface area contributed by atoms with Crippen molar-refractivity contribution in [3.8, 4) is 0 Å². The second-order valence-corrected chi connectivity index (χ2v) is 6.46. The summed E-state index contributed by atoms with van der Waals surface area (Å²) in [6.45, 7) is 4.54. The molecule has 2 aliphatic rings. The molecule has 2 aromatic rings. The Hall–Kier alpha value is -2.09. The number of aryl methyl sites for hydroxylation is 1. The summed E-state index contributed by atoms with van der Waals surface area (Å²) in [7, 11) is 0. The first-order valence-electron chi connectivity index (χ1n) is 8.32. The second-order valence-electron chi connectivity index (χ2n) is 6.46. The van der Waals surface area contributed by atoms with Crippen molar-refractivity contribution in [2.24, 2.45) is 4.99 Å². The summed E-state index contributed by atoms with van der Waals surface area (Å²) in [5, 5.41) is 0. The Morgan fingerprint density at radius 1 is 0.909 bits per heavy atom. The highest BCUT2D eigenvalue weighted by atomic mass is 15.1. The monoisotopic (exact) mass is 290 g/mol. The molecular formula is C20H22N2. The lowest BCUT2D eigenvalue weighted by Gasteiger charge is -2.28. The van der Waals surface area contributed by atoms with E-state index in [4.69, 9.17) is 4.99 Å². The van der Waals surface area contributed by atoms with Crippen molar-refractivity contribution in [3.05, 3.63) is 59.2 Å². The molecule has 112 valence electrons. The van der Waals surface area contributed by atoms with E-state index in [1.165, 1.54) is 60.4 Å². The first-order chi connectivity index (χ1) is 10.8. The molecule has 2 heterocycles. The Morgan fingerprint density at radius 2 is 1.68 bits per heavy atom. The standard InChI is InChI=1S/C20H22N2/c1-15-5-10-19-17(13-15)14-20(21-19)16-6-8-18(9-7-16)22-11-3-2-4-12-22/h5-10,13H,2-4,11-12,14H2,1H3. The number of hydrogen-bond donors (Lipinski definition) is 0. The molecule has 2 heteroatoms. The predicted molar refractivity (Wildman–Crippen MR) is 93.6 cm³/mol. The molecule has 22 heavy (non-hydrogen) atoms. The molecule has 0 N–H and O–H groups in total. The predicted octanol–water partition coefficient (Wildman–Crippen LogP) is 4.66. The molecule has 0 atom stereocenters. The van der Waals surface area contributed by atoms with Gasteiger partial charge in [-0.1, -0.05) is 29.8 Å². The van der Waals surface area contributed by atoms with Gasteiger partial charge in [0, 0.05) is 25.2 Å². The Labute approximate surface area is 132 Å².